The summed E-state index contributed by atoms with van der Waals surface area (Å²) in [5.41, 5.74) is 9.50. The number of carbonyl (C=O) groups excluding carboxylic acids is 2. The molecule has 0 aliphatic rings. The Balaban J connectivity index is 2.42. The first-order valence-corrected chi connectivity index (χ1v) is 4.68. The molecular weight excluding hydrogens is 214 g/mol. The van der Waals surface area contributed by atoms with Crippen molar-refractivity contribution in [3.63, 3.8) is 0 Å². The summed E-state index contributed by atoms with van der Waals surface area (Å²) in [4.78, 5) is 22.5. The molecule has 0 aromatic carbocycles. The molecule has 0 atom stereocenters. The van der Waals surface area contributed by atoms with Gasteiger partial charge in [0, 0.05) is 6.42 Å². The predicted octanol–water partition coefficient (Wildman–Crippen LogP) is -0.541. The minimum atomic E-state index is -0.671. The fourth-order valence-corrected chi connectivity index (χ4v) is 0.960. The quantitative estimate of drug-likeness (QED) is 0.596. The summed E-state index contributed by atoms with van der Waals surface area (Å²) in [7, 11) is 0. The molecule has 0 bridgehead atoms. The molecule has 0 radical (unpaired) electrons. The largest absolute Gasteiger partial charge is 0.379 e. The van der Waals surface area contributed by atoms with Crippen LogP contribution in [0.5, 0.6) is 0 Å². The third kappa shape index (κ3) is 3.23. The van der Waals surface area contributed by atoms with Crippen LogP contribution >= 0.6 is 0 Å². The van der Waals surface area contributed by atoms with Gasteiger partial charge >= 0.3 is 0 Å². The highest BCUT2D eigenvalue weighted by molar-refractivity contribution is 5.96. The minimum Gasteiger partial charge on any atom is -0.379 e. The van der Waals surface area contributed by atoms with Gasteiger partial charge in [0.1, 0.15) is 0 Å². The van der Waals surface area contributed by atoms with Crippen molar-refractivity contribution in [2.24, 2.45) is 5.92 Å². The van der Waals surface area contributed by atoms with Crippen LogP contribution in [0.2, 0.25) is 0 Å². The van der Waals surface area contributed by atoms with E-state index in [2.05, 4.69) is 25.8 Å². The Hall–Kier alpha value is -2.12. The SMILES string of the molecule is CC(C)CC(=O)NNC(=O)c1nonc1N. The Morgan fingerprint density at radius 2 is 2.06 bits per heavy atom. The Bertz CT molecular complexity index is 387. The van der Waals surface area contributed by atoms with Crippen LogP contribution < -0.4 is 16.6 Å². The summed E-state index contributed by atoms with van der Waals surface area (Å²) < 4.78 is 4.24. The first-order valence-electron chi connectivity index (χ1n) is 4.68. The number of amides is 2. The van der Waals surface area contributed by atoms with Gasteiger partial charge in [0.05, 0.1) is 0 Å². The monoisotopic (exact) mass is 227 g/mol. The number of nitrogens with one attached hydrogen (secondary N) is 2. The molecule has 1 aromatic rings. The van der Waals surface area contributed by atoms with Crippen molar-refractivity contribution in [1.29, 1.82) is 0 Å². The van der Waals surface area contributed by atoms with E-state index in [0.29, 0.717) is 6.42 Å². The van der Waals surface area contributed by atoms with Crippen LogP contribution in [0.25, 0.3) is 0 Å². The van der Waals surface area contributed by atoms with Crippen molar-refractivity contribution in [2.75, 3.05) is 5.73 Å². The second-order valence-electron chi connectivity index (χ2n) is 3.60. The van der Waals surface area contributed by atoms with E-state index in [1.165, 1.54) is 0 Å². The minimum absolute atomic E-state index is 0.129. The highest BCUT2D eigenvalue weighted by atomic mass is 16.6. The number of carbonyl (C=O) groups is 2. The van der Waals surface area contributed by atoms with Crippen LogP contribution in [0.3, 0.4) is 0 Å². The second-order valence-corrected chi connectivity index (χ2v) is 3.60. The van der Waals surface area contributed by atoms with E-state index in [-0.39, 0.29) is 23.3 Å². The number of anilines is 1. The van der Waals surface area contributed by atoms with Gasteiger partial charge in [-0.25, -0.2) is 4.63 Å². The molecule has 0 aliphatic heterocycles. The van der Waals surface area contributed by atoms with Gasteiger partial charge in [-0.05, 0) is 16.2 Å². The molecule has 4 N–H and O–H groups in total. The Kier molecular flexibility index (Phi) is 3.81. The summed E-state index contributed by atoms with van der Waals surface area (Å²) >= 11 is 0. The lowest BCUT2D eigenvalue weighted by Gasteiger charge is -2.07. The summed E-state index contributed by atoms with van der Waals surface area (Å²) in [5, 5.41) is 6.51. The van der Waals surface area contributed by atoms with Gasteiger partial charge < -0.3 is 5.73 Å². The molecule has 0 aliphatic carbocycles. The highest BCUT2D eigenvalue weighted by Crippen LogP contribution is 2.02. The van der Waals surface area contributed by atoms with Crippen LogP contribution in [-0.2, 0) is 4.79 Å². The molecule has 0 spiro atoms. The Morgan fingerprint density at radius 1 is 1.38 bits per heavy atom. The predicted molar refractivity (Wildman–Crippen MR) is 53.8 cm³/mol. The number of rotatable bonds is 3. The Morgan fingerprint density at radius 3 is 2.56 bits per heavy atom. The van der Waals surface area contributed by atoms with Gasteiger partial charge in [-0.15, -0.1) is 0 Å². The third-order valence-corrected chi connectivity index (χ3v) is 1.64. The third-order valence-electron chi connectivity index (χ3n) is 1.64. The van der Waals surface area contributed by atoms with Crippen molar-refractivity contribution in [3.8, 4) is 0 Å². The lowest BCUT2D eigenvalue weighted by atomic mass is 10.1. The molecular formula is C8H13N5O3. The molecule has 1 rings (SSSR count). The van der Waals surface area contributed by atoms with E-state index in [9.17, 15) is 9.59 Å². The zero-order valence-electron chi connectivity index (χ0n) is 8.98. The number of aromatic nitrogens is 2. The fourth-order valence-electron chi connectivity index (χ4n) is 0.960. The number of nitrogen functional groups attached to an aromatic ring is 1. The lowest BCUT2D eigenvalue weighted by molar-refractivity contribution is -0.122. The van der Waals surface area contributed by atoms with Crippen molar-refractivity contribution in [2.45, 2.75) is 20.3 Å². The van der Waals surface area contributed by atoms with Crippen LogP contribution in [0, 0.1) is 5.92 Å². The van der Waals surface area contributed by atoms with E-state index < -0.39 is 5.91 Å². The number of nitrogens with two attached hydrogens (primary N) is 1. The second kappa shape index (κ2) is 5.10. The summed E-state index contributed by atoms with van der Waals surface area (Å²) in [6.07, 6.45) is 0.312. The first-order chi connectivity index (χ1) is 7.50. The normalized spacial score (nSPS) is 10.2. The zero-order chi connectivity index (χ0) is 12.1. The summed E-state index contributed by atoms with van der Waals surface area (Å²) in [6.45, 7) is 3.78. The molecule has 0 fully saturated rings. The van der Waals surface area contributed by atoms with Gasteiger partial charge in [0.2, 0.25) is 17.4 Å². The zero-order valence-corrected chi connectivity index (χ0v) is 8.98. The van der Waals surface area contributed by atoms with Crippen LogP contribution in [-0.4, -0.2) is 22.1 Å². The van der Waals surface area contributed by atoms with E-state index in [0.717, 1.165) is 0 Å². The number of nitrogens with zero attached hydrogens (tertiary/aromatic N) is 2. The van der Waals surface area contributed by atoms with Gasteiger partial charge in [-0.3, -0.25) is 20.4 Å². The fraction of sp³-hybridized carbons (Fsp3) is 0.500. The van der Waals surface area contributed by atoms with Gasteiger partial charge in [-0.1, -0.05) is 13.8 Å². The maximum absolute atomic E-state index is 11.3. The van der Waals surface area contributed by atoms with E-state index in [1.807, 2.05) is 13.8 Å². The molecule has 0 unspecified atom stereocenters. The molecule has 2 amide bonds. The average Bonchev–Trinajstić information content (AvgIpc) is 2.60. The maximum Gasteiger partial charge on any atom is 0.295 e. The molecule has 0 saturated heterocycles. The standard InChI is InChI=1S/C8H13N5O3/c1-4(2)3-5(14)10-11-8(15)6-7(9)13-16-12-6/h4H,3H2,1-2H3,(H2,9,13)(H,10,14)(H,11,15). The van der Waals surface area contributed by atoms with Gasteiger partial charge in [0.15, 0.2) is 0 Å². The molecule has 16 heavy (non-hydrogen) atoms. The van der Waals surface area contributed by atoms with E-state index in [4.69, 9.17) is 5.73 Å². The summed E-state index contributed by atoms with van der Waals surface area (Å²) in [5.74, 6) is -0.888. The molecule has 8 nitrogen and oxygen atoms in total. The van der Waals surface area contributed by atoms with Crippen LogP contribution in [0.4, 0.5) is 5.82 Å². The van der Waals surface area contributed by atoms with Crippen LogP contribution in [0.1, 0.15) is 30.8 Å². The number of hydrogen-bond donors (Lipinski definition) is 3. The molecule has 0 saturated carbocycles. The van der Waals surface area contributed by atoms with E-state index in [1.54, 1.807) is 0 Å². The van der Waals surface area contributed by atoms with Crippen molar-refractivity contribution in [1.82, 2.24) is 21.2 Å². The number of hydrogen-bond acceptors (Lipinski definition) is 6. The maximum atomic E-state index is 11.3. The highest BCUT2D eigenvalue weighted by Gasteiger charge is 2.16. The summed E-state index contributed by atoms with van der Waals surface area (Å²) in [6, 6.07) is 0. The lowest BCUT2D eigenvalue weighted by Crippen LogP contribution is -2.42. The van der Waals surface area contributed by atoms with Gasteiger partial charge in [-0.2, -0.15) is 0 Å². The average molecular weight is 227 g/mol. The van der Waals surface area contributed by atoms with Crippen molar-refractivity contribution >= 4 is 17.6 Å². The van der Waals surface area contributed by atoms with Crippen LogP contribution in [0.15, 0.2) is 4.63 Å². The van der Waals surface area contributed by atoms with Crippen molar-refractivity contribution < 1.29 is 14.2 Å². The first kappa shape index (κ1) is 12.0. The molecule has 1 aromatic heterocycles. The van der Waals surface area contributed by atoms with E-state index >= 15 is 0 Å². The molecule has 8 heteroatoms. The molecule has 88 valence electrons. The molecule has 1 heterocycles. The smallest absolute Gasteiger partial charge is 0.295 e. The number of hydrazine groups is 1. The topological polar surface area (TPSA) is 123 Å². The van der Waals surface area contributed by atoms with Gasteiger partial charge in [0.25, 0.3) is 5.91 Å². The Labute approximate surface area is 91.5 Å². The van der Waals surface area contributed by atoms with Crippen molar-refractivity contribution in [3.05, 3.63) is 5.69 Å².